The molecule has 26 heavy (non-hydrogen) atoms. The molecule has 8 nitrogen and oxygen atoms in total. The summed E-state index contributed by atoms with van der Waals surface area (Å²) in [4.78, 5) is 12.1. The summed E-state index contributed by atoms with van der Waals surface area (Å²) in [6.45, 7) is 5.43. The maximum absolute atomic E-state index is 12.7. The minimum atomic E-state index is -3.48. The summed E-state index contributed by atoms with van der Waals surface area (Å²) in [6, 6.07) is 3.23. The number of piperidine rings is 1. The molecule has 0 aliphatic carbocycles. The lowest BCUT2D eigenvalue weighted by atomic mass is 10.1. The number of rotatable bonds is 6. The van der Waals surface area contributed by atoms with Crippen molar-refractivity contribution in [3.05, 3.63) is 29.4 Å². The van der Waals surface area contributed by atoms with Gasteiger partial charge in [0.1, 0.15) is 4.21 Å². The van der Waals surface area contributed by atoms with Gasteiger partial charge in [0.15, 0.2) is 5.69 Å². The maximum Gasteiger partial charge on any atom is 0.273 e. The summed E-state index contributed by atoms with van der Waals surface area (Å²) < 4.78 is 28.9. The van der Waals surface area contributed by atoms with E-state index in [9.17, 15) is 13.2 Å². The van der Waals surface area contributed by atoms with Crippen LogP contribution in [0.2, 0.25) is 0 Å². The summed E-state index contributed by atoms with van der Waals surface area (Å²) in [7, 11) is -3.48. The Morgan fingerprint density at radius 1 is 1.46 bits per heavy atom. The van der Waals surface area contributed by atoms with E-state index in [1.54, 1.807) is 28.4 Å². The van der Waals surface area contributed by atoms with Gasteiger partial charge in [-0.1, -0.05) is 25.1 Å². The smallest absolute Gasteiger partial charge is 0.273 e. The Hall–Kier alpha value is -1.78. The van der Waals surface area contributed by atoms with Crippen LogP contribution in [0, 0.1) is 5.92 Å². The largest absolute Gasteiger partial charge is 0.350 e. The molecule has 10 heteroatoms. The first-order valence-corrected chi connectivity index (χ1v) is 10.9. The first-order chi connectivity index (χ1) is 12.4. The highest BCUT2D eigenvalue weighted by Gasteiger charge is 2.32. The van der Waals surface area contributed by atoms with Crippen LogP contribution in [0.1, 0.15) is 43.2 Å². The molecule has 2 aromatic rings. The summed E-state index contributed by atoms with van der Waals surface area (Å²) in [6.07, 6.45) is 3.14. The molecule has 0 radical (unpaired) electrons. The SMILES string of the molecule is CC(C)CNC(=O)c1cn(C2CCCN(S(=O)(=O)c3cccs3)C2)nn1. The zero-order valence-electron chi connectivity index (χ0n) is 14.8. The Bertz CT molecular complexity index is 845. The zero-order chi connectivity index (χ0) is 18.7. The second-order valence-electron chi connectivity index (χ2n) is 6.78. The Morgan fingerprint density at radius 2 is 2.27 bits per heavy atom. The fraction of sp³-hybridized carbons (Fsp3) is 0.562. The van der Waals surface area contributed by atoms with Crippen LogP contribution in [0.25, 0.3) is 0 Å². The van der Waals surface area contributed by atoms with Gasteiger partial charge in [0.25, 0.3) is 15.9 Å². The van der Waals surface area contributed by atoms with Crippen LogP contribution in [-0.2, 0) is 10.0 Å². The predicted molar refractivity (Wildman–Crippen MR) is 98.5 cm³/mol. The molecule has 2 aromatic heterocycles. The molecular formula is C16H23N5O3S2. The van der Waals surface area contributed by atoms with Crippen molar-refractivity contribution in [2.45, 2.75) is 36.9 Å². The highest BCUT2D eigenvalue weighted by molar-refractivity contribution is 7.91. The standard InChI is InChI=1S/C16H23N5O3S2/c1-12(2)9-17-16(22)14-11-21(19-18-14)13-5-3-7-20(10-13)26(23,24)15-6-4-8-25-15/h4,6,8,11-13H,3,5,7,9-10H2,1-2H3,(H,17,22). The van der Waals surface area contributed by atoms with Gasteiger partial charge in [-0.2, -0.15) is 4.31 Å². The van der Waals surface area contributed by atoms with Crippen molar-refractivity contribution in [3.63, 3.8) is 0 Å². The van der Waals surface area contributed by atoms with E-state index in [1.807, 2.05) is 13.8 Å². The van der Waals surface area contributed by atoms with Crippen molar-refractivity contribution in [1.29, 1.82) is 0 Å². The van der Waals surface area contributed by atoms with E-state index in [0.717, 1.165) is 12.8 Å². The Morgan fingerprint density at radius 3 is 2.96 bits per heavy atom. The molecule has 1 fully saturated rings. The van der Waals surface area contributed by atoms with Crippen molar-refractivity contribution in [2.24, 2.45) is 5.92 Å². The molecule has 0 bridgehead atoms. The number of carbonyl (C=O) groups is 1. The minimum Gasteiger partial charge on any atom is -0.350 e. The van der Waals surface area contributed by atoms with Crippen LogP contribution >= 0.6 is 11.3 Å². The molecule has 1 N–H and O–H groups in total. The van der Waals surface area contributed by atoms with Gasteiger partial charge in [-0.05, 0) is 30.2 Å². The van der Waals surface area contributed by atoms with E-state index < -0.39 is 10.0 Å². The molecule has 142 valence electrons. The van der Waals surface area contributed by atoms with Crippen LogP contribution in [0.5, 0.6) is 0 Å². The van der Waals surface area contributed by atoms with Gasteiger partial charge in [-0.15, -0.1) is 16.4 Å². The number of hydrogen-bond donors (Lipinski definition) is 1. The van der Waals surface area contributed by atoms with E-state index in [-0.39, 0.29) is 17.6 Å². The van der Waals surface area contributed by atoms with Gasteiger partial charge in [0, 0.05) is 19.6 Å². The van der Waals surface area contributed by atoms with Gasteiger partial charge < -0.3 is 5.32 Å². The Balaban J connectivity index is 1.70. The molecule has 1 saturated heterocycles. The molecule has 3 rings (SSSR count). The van der Waals surface area contributed by atoms with E-state index >= 15 is 0 Å². The van der Waals surface area contributed by atoms with Gasteiger partial charge in [0.2, 0.25) is 0 Å². The lowest BCUT2D eigenvalue weighted by molar-refractivity contribution is 0.0944. The van der Waals surface area contributed by atoms with E-state index in [2.05, 4.69) is 15.6 Å². The predicted octanol–water partition coefficient (Wildman–Crippen LogP) is 1.75. The summed E-state index contributed by atoms with van der Waals surface area (Å²) in [5.74, 6) is 0.0900. The fourth-order valence-electron chi connectivity index (χ4n) is 2.84. The van der Waals surface area contributed by atoms with Gasteiger partial charge in [0.05, 0.1) is 12.2 Å². The van der Waals surface area contributed by atoms with E-state index in [1.165, 1.54) is 15.6 Å². The second-order valence-corrected chi connectivity index (χ2v) is 9.89. The lowest BCUT2D eigenvalue weighted by Gasteiger charge is -2.31. The molecular weight excluding hydrogens is 374 g/mol. The molecule has 0 spiro atoms. The maximum atomic E-state index is 12.7. The normalized spacial score (nSPS) is 19.0. The minimum absolute atomic E-state index is 0.127. The number of nitrogens with one attached hydrogen (secondary N) is 1. The summed E-state index contributed by atoms with van der Waals surface area (Å²) in [5, 5.41) is 12.6. The number of nitrogens with zero attached hydrogens (tertiary/aromatic N) is 4. The Kier molecular flexibility index (Phi) is 5.73. The van der Waals surface area contributed by atoms with Crippen molar-refractivity contribution in [3.8, 4) is 0 Å². The van der Waals surface area contributed by atoms with Crippen molar-refractivity contribution in [1.82, 2.24) is 24.6 Å². The summed E-state index contributed by atoms with van der Waals surface area (Å²) in [5.41, 5.74) is 0.254. The quantitative estimate of drug-likeness (QED) is 0.801. The van der Waals surface area contributed by atoms with Crippen LogP contribution in [0.4, 0.5) is 0 Å². The highest BCUT2D eigenvalue weighted by Crippen LogP contribution is 2.28. The molecule has 1 amide bonds. The summed E-state index contributed by atoms with van der Waals surface area (Å²) >= 11 is 1.22. The first kappa shape index (κ1) is 19.0. The molecule has 1 unspecified atom stereocenters. The second kappa shape index (κ2) is 7.85. The van der Waals surface area contributed by atoms with E-state index in [4.69, 9.17) is 0 Å². The Labute approximate surface area is 157 Å². The third-order valence-corrected chi connectivity index (χ3v) is 7.47. The van der Waals surface area contributed by atoms with Gasteiger partial charge in [-0.3, -0.25) is 4.79 Å². The van der Waals surface area contributed by atoms with Crippen molar-refractivity contribution < 1.29 is 13.2 Å². The average molecular weight is 398 g/mol. The number of carbonyl (C=O) groups excluding carboxylic acids is 1. The fourth-order valence-corrected chi connectivity index (χ4v) is 5.50. The number of sulfonamides is 1. The van der Waals surface area contributed by atoms with Crippen molar-refractivity contribution >= 4 is 27.3 Å². The van der Waals surface area contributed by atoms with Gasteiger partial charge in [-0.25, -0.2) is 13.1 Å². The molecule has 0 saturated carbocycles. The third kappa shape index (κ3) is 4.13. The molecule has 1 aliphatic heterocycles. The van der Waals surface area contributed by atoms with Crippen molar-refractivity contribution in [2.75, 3.05) is 19.6 Å². The number of aromatic nitrogens is 3. The highest BCUT2D eigenvalue weighted by atomic mass is 32.2. The average Bonchev–Trinajstić information content (AvgIpc) is 3.31. The number of hydrogen-bond acceptors (Lipinski definition) is 6. The topological polar surface area (TPSA) is 97.2 Å². The molecule has 1 aliphatic rings. The first-order valence-electron chi connectivity index (χ1n) is 8.61. The molecule has 1 atom stereocenters. The van der Waals surface area contributed by atoms with Crippen LogP contribution in [0.15, 0.2) is 27.9 Å². The monoisotopic (exact) mass is 397 g/mol. The van der Waals surface area contributed by atoms with Crippen LogP contribution < -0.4 is 5.32 Å². The number of amides is 1. The van der Waals surface area contributed by atoms with Crippen LogP contribution in [0.3, 0.4) is 0 Å². The molecule has 3 heterocycles. The van der Waals surface area contributed by atoms with Crippen LogP contribution in [-0.4, -0.2) is 53.3 Å². The van der Waals surface area contributed by atoms with E-state index in [0.29, 0.717) is 29.8 Å². The number of thiophene rings is 1. The zero-order valence-corrected chi connectivity index (χ0v) is 16.5. The lowest BCUT2D eigenvalue weighted by Crippen LogP contribution is -2.40. The third-order valence-electron chi connectivity index (χ3n) is 4.24. The molecule has 0 aromatic carbocycles. The van der Waals surface area contributed by atoms with Gasteiger partial charge >= 0.3 is 0 Å².